The number of imidazole rings is 1. The number of hydrogen-bond donors (Lipinski definition) is 1. The molecule has 0 bridgehead atoms. The van der Waals surface area contributed by atoms with Crippen molar-refractivity contribution in [2.24, 2.45) is 5.92 Å². The molecule has 5 heterocycles. The Morgan fingerprint density at radius 3 is 2.55 bits per heavy atom. The number of nitrogens with one attached hydrogen (secondary N) is 1. The van der Waals surface area contributed by atoms with Crippen molar-refractivity contribution < 1.29 is 18.1 Å². The van der Waals surface area contributed by atoms with E-state index in [1.54, 1.807) is 20.0 Å². The van der Waals surface area contributed by atoms with Crippen LogP contribution in [0.25, 0.3) is 11.2 Å². The molecule has 2 aliphatic heterocycles. The van der Waals surface area contributed by atoms with Crippen molar-refractivity contribution >= 4 is 27.5 Å². The van der Waals surface area contributed by atoms with E-state index in [4.69, 9.17) is 4.52 Å². The summed E-state index contributed by atoms with van der Waals surface area (Å²) < 4.78 is 32.5. The molecule has 0 radical (unpaired) electrons. The molecule has 0 aromatic carbocycles. The number of amides is 1. The van der Waals surface area contributed by atoms with Crippen LogP contribution >= 0.6 is 0 Å². The Hall–Kier alpha value is -2.63. The Bertz CT molecular complexity index is 1150. The van der Waals surface area contributed by atoms with Crippen molar-refractivity contribution in [3.05, 3.63) is 35.6 Å². The number of carbonyl (C=O) groups excluding carboxylic acids is 1. The smallest absolute Gasteiger partial charge is 0.240 e. The number of fused-ring (bicyclic) bond motifs is 1. The van der Waals surface area contributed by atoms with E-state index in [1.165, 1.54) is 4.31 Å². The summed E-state index contributed by atoms with van der Waals surface area (Å²) in [6.45, 7) is 5.26. The number of H-pyrrole nitrogens is 1. The molecule has 0 saturated carbocycles. The predicted molar refractivity (Wildman–Crippen MR) is 120 cm³/mol. The highest BCUT2D eigenvalue weighted by atomic mass is 32.3. The van der Waals surface area contributed by atoms with E-state index >= 15 is 0 Å². The molecule has 1 unspecified atom stereocenters. The fourth-order valence-electron chi connectivity index (χ4n) is 5.00. The fourth-order valence-corrected chi connectivity index (χ4v) is 6.76. The lowest BCUT2D eigenvalue weighted by atomic mass is 9.92. The molecule has 10 nitrogen and oxygen atoms in total. The Kier molecular flexibility index (Phi) is 5.79. The first kappa shape index (κ1) is 22.2. The topological polar surface area (TPSA) is 131 Å². The summed E-state index contributed by atoms with van der Waals surface area (Å²) in [6.07, 6.45) is 4.49. The highest BCUT2D eigenvalue weighted by molar-refractivity contribution is 7.95. The van der Waals surface area contributed by atoms with E-state index in [2.05, 4.69) is 20.1 Å². The van der Waals surface area contributed by atoms with Crippen LogP contribution in [0.15, 0.2) is 27.7 Å². The van der Waals surface area contributed by atoms with Crippen LogP contribution in [0.1, 0.15) is 48.9 Å². The maximum Gasteiger partial charge on any atom is 0.240 e. The largest absolute Gasteiger partial charge is 0.593 e. The minimum Gasteiger partial charge on any atom is -0.593 e. The standard InChI is InChI=1S/C22H28N6O4S/c1-14-19(15(2)32-26-14)33(30,31)28-12-7-17(8-13-28)22(29)27-10-5-16(6-11-27)20-24-18-4-3-9-23-21(18)25-20/h3-4,9,16-17H,5-8,10-13H2,1-2H3,(H-,23,24,25,30,31). The summed E-state index contributed by atoms with van der Waals surface area (Å²) in [7, 11) is -3.67. The number of carbonyl (C=O) groups is 1. The normalized spacial score (nSPS) is 20.9. The van der Waals surface area contributed by atoms with Crippen molar-refractivity contribution in [1.82, 2.24) is 29.3 Å². The van der Waals surface area contributed by atoms with Gasteiger partial charge in [-0.3, -0.25) is 4.79 Å². The molecule has 2 aliphatic rings. The highest BCUT2D eigenvalue weighted by Crippen LogP contribution is 2.33. The second-order valence-electron chi connectivity index (χ2n) is 8.93. The highest BCUT2D eigenvalue weighted by Gasteiger charge is 2.41. The second-order valence-corrected chi connectivity index (χ2v) is 10.8. The summed E-state index contributed by atoms with van der Waals surface area (Å²) in [4.78, 5) is 27.5. The van der Waals surface area contributed by atoms with Gasteiger partial charge in [-0.05, 0) is 44.7 Å². The van der Waals surface area contributed by atoms with Crippen LogP contribution in [0, 0.1) is 19.8 Å². The third kappa shape index (κ3) is 4.09. The maximum atomic E-state index is 13.1. The first-order valence-electron chi connectivity index (χ1n) is 11.4. The van der Waals surface area contributed by atoms with Gasteiger partial charge in [0.05, 0.1) is 5.52 Å². The van der Waals surface area contributed by atoms with Crippen molar-refractivity contribution in [3.8, 4) is 0 Å². The van der Waals surface area contributed by atoms with Gasteiger partial charge in [0.25, 0.3) is 0 Å². The van der Waals surface area contributed by atoms with Gasteiger partial charge >= 0.3 is 0 Å². The summed E-state index contributed by atoms with van der Waals surface area (Å²) in [5.74, 6) is 1.51. The molecule has 2 fully saturated rings. The lowest BCUT2D eigenvalue weighted by Crippen LogP contribution is -2.47. The molecule has 0 aliphatic carbocycles. The SMILES string of the molecule is Cc1noc(C)c1[S+](=O)([O-])N1CCC(C(=O)N2CCC(c3nc4ncccc4[nH]3)CC2)CC1. The number of piperidine rings is 2. The molecule has 1 atom stereocenters. The second kappa shape index (κ2) is 8.62. The summed E-state index contributed by atoms with van der Waals surface area (Å²) >= 11 is 0. The van der Waals surface area contributed by atoms with Gasteiger partial charge in [-0.2, -0.15) is 0 Å². The zero-order valence-corrected chi connectivity index (χ0v) is 19.6. The molecular formula is C22H28N6O4S. The molecule has 3 aromatic heterocycles. The number of pyridine rings is 1. The third-order valence-corrected chi connectivity index (χ3v) is 8.98. The third-order valence-electron chi connectivity index (χ3n) is 6.84. The molecule has 5 rings (SSSR count). The van der Waals surface area contributed by atoms with Crippen LogP contribution in [0.5, 0.6) is 0 Å². The van der Waals surface area contributed by atoms with Gasteiger partial charge < -0.3 is 19.0 Å². The molecule has 0 spiro atoms. The van der Waals surface area contributed by atoms with Crippen LogP contribution in [-0.4, -0.2) is 66.0 Å². The van der Waals surface area contributed by atoms with Gasteiger partial charge in [0.15, 0.2) is 21.8 Å². The molecule has 1 N–H and O–H groups in total. The first-order valence-corrected chi connectivity index (χ1v) is 12.8. The Labute approximate surface area is 193 Å². The number of nitrogens with zero attached hydrogens (tertiary/aromatic N) is 5. The molecule has 11 heteroatoms. The number of sulfonamides is 1. The van der Waals surface area contributed by atoms with Crippen molar-refractivity contribution in [2.75, 3.05) is 26.2 Å². The Balaban J connectivity index is 1.17. The average molecular weight is 473 g/mol. The van der Waals surface area contributed by atoms with Gasteiger partial charge in [-0.1, -0.05) is 9.37 Å². The molecule has 3 aromatic rings. The van der Waals surface area contributed by atoms with E-state index in [-0.39, 0.29) is 22.6 Å². The molecule has 176 valence electrons. The van der Waals surface area contributed by atoms with E-state index in [0.29, 0.717) is 50.5 Å². The number of aromatic nitrogens is 4. The number of rotatable bonds is 4. The zero-order chi connectivity index (χ0) is 23.2. The van der Waals surface area contributed by atoms with E-state index in [1.807, 2.05) is 17.0 Å². The minimum absolute atomic E-state index is 0.133. The van der Waals surface area contributed by atoms with Gasteiger partial charge in [-0.15, -0.1) is 4.31 Å². The van der Waals surface area contributed by atoms with Crippen molar-refractivity contribution in [2.45, 2.75) is 50.3 Å². The van der Waals surface area contributed by atoms with Gasteiger partial charge in [-0.25, -0.2) is 9.97 Å². The van der Waals surface area contributed by atoms with Crippen LogP contribution in [-0.2, 0) is 19.4 Å². The van der Waals surface area contributed by atoms with Crippen LogP contribution < -0.4 is 0 Å². The summed E-state index contributed by atoms with van der Waals surface area (Å²) in [5.41, 5.74) is 2.03. The molecule has 2 saturated heterocycles. The molecule has 33 heavy (non-hydrogen) atoms. The van der Waals surface area contributed by atoms with E-state index in [0.717, 1.165) is 29.8 Å². The number of likely N-dealkylation sites (tertiary alicyclic amines) is 1. The zero-order valence-electron chi connectivity index (χ0n) is 18.8. The van der Waals surface area contributed by atoms with E-state index < -0.39 is 10.4 Å². The number of aryl methyl sites for hydroxylation is 2. The van der Waals surface area contributed by atoms with Crippen molar-refractivity contribution in [3.63, 3.8) is 0 Å². The Morgan fingerprint density at radius 1 is 1.18 bits per heavy atom. The van der Waals surface area contributed by atoms with E-state index in [9.17, 15) is 13.6 Å². The first-order chi connectivity index (χ1) is 15.8. The lowest BCUT2D eigenvalue weighted by molar-refractivity contribution is -0.137. The number of hydrogen-bond acceptors (Lipinski definition) is 7. The van der Waals surface area contributed by atoms with Crippen LogP contribution in [0.2, 0.25) is 0 Å². The van der Waals surface area contributed by atoms with Gasteiger partial charge in [0, 0.05) is 51.1 Å². The number of aromatic amines is 1. The lowest BCUT2D eigenvalue weighted by Gasteiger charge is -2.37. The van der Waals surface area contributed by atoms with Crippen LogP contribution in [0.3, 0.4) is 0 Å². The summed E-state index contributed by atoms with van der Waals surface area (Å²) in [5, 5.41) is 3.77. The molecular weight excluding hydrogens is 444 g/mol. The fraction of sp³-hybridized carbons (Fsp3) is 0.545. The molecule has 1 amide bonds. The Morgan fingerprint density at radius 2 is 1.91 bits per heavy atom. The maximum absolute atomic E-state index is 13.1. The quantitative estimate of drug-likeness (QED) is 0.577. The van der Waals surface area contributed by atoms with Gasteiger partial charge in [0.1, 0.15) is 11.5 Å². The van der Waals surface area contributed by atoms with Crippen LogP contribution in [0.4, 0.5) is 0 Å². The average Bonchev–Trinajstić information content (AvgIpc) is 3.41. The summed E-state index contributed by atoms with van der Waals surface area (Å²) in [6, 6.07) is 3.85. The monoisotopic (exact) mass is 472 g/mol. The van der Waals surface area contributed by atoms with Crippen molar-refractivity contribution in [1.29, 1.82) is 0 Å². The predicted octanol–water partition coefficient (Wildman–Crippen LogP) is 2.58. The minimum atomic E-state index is -3.67. The van der Waals surface area contributed by atoms with Gasteiger partial charge in [0.2, 0.25) is 10.8 Å².